The molecule has 0 aromatic heterocycles. The lowest BCUT2D eigenvalue weighted by Gasteiger charge is -2.06. The highest BCUT2D eigenvalue weighted by Crippen LogP contribution is 2.29. The molecule has 19 heavy (non-hydrogen) atoms. The van der Waals surface area contributed by atoms with E-state index in [1.165, 1.54) is 12.1 Å². The monoisotopic (exact) mass is 262 g/mol. The third-order valence-electron chi connectivity index (χ3n) is 2.63. The van der Waals surface area contributed by atoms with Crippen molar-refractivity contribution in [2.24, 2.45) is 0 Å². The van der Waals surface area contributed by atoms with Crippen LogP contribution >= 0.6 is 0 Å². The van der Waals surface area contributed by atoms with Gasteiger partial charge in [-0.3, -0.25) is 0 Å². The van der Waals surface area contributed by atoms with Crippen LogP contribution in [0.1, 0.15) is 16.7 Å². The topological polar surface area (TPSA) is 36.4 Å². The van der Waals surface area contributed by atoms with Gasteiger partial charge in [0.1, 0.15) is 0 Å². The third-order valence-corrected chi connectivity index (χ3v) is 2.63. The van der Waals surface area contributed by atoms with E-state index in [2.05, 4.69) is 4.79 Å². The fourth-order valence-corrected chi connectivity index (χ4v) is 1.70. The Balaban J connectivity index is 2.39. The molecular weight excluding hydrogens is 253 g/mol. The zero-order chi connectivity index (χ0) is 13.9. The second-order valence-corrected chi connectivity index (χ2v) is 3.89. The maximum atomic E-state index is 12.4. The minimum absolute atomic E-state index is 0.231. The number of rotatable bonds is 2. The van der Waals surface area contributed by atoms with Crippen LogP contribution in [0.25, 0.3) is 5.53 Å². The number of nitrogens with zero attached hydrogens (tertiary/aromatic N) is 2. The van der Waals surface area contributed by atoms with Crippen LogP contribution in [0.4, 0.5) is 13.2 Å². The van der Waals surface area contributed by atoms with Crippen molar-refractivity contribution in [1.29, 1.82) is 0 Å². The van der Waals surface area contributed by atoms with Gasteiger partial charge >= 0.3 is 11.9 Å². The van der Waals surface area contributed by atoms with Crippen LogP contribution in [0.3, 0.4) is 0 Å². The standard InChI is InChI=1S/C14H9F3N2/c15-14(16,17)12-8-6-11(7-9-12)13(19-18)10-4-2-1-3-5-10/h1-9H. The van der Waals surface area contributed by atoms with E-state index < -0.39 is 11.7 Å². The van der Waals surface area contributed by atoms with Crippen molar-refractivity contribution in [3.63, 3.8) is 0 Å². The van der Waals surface area contributed by atoms with E-state index in [4.69, 9.17) is 5.53 Å². The van der Waals surface area contributed by atoms with E-state index in [1.54, 1.807) is 30.3 Å². The van der Waals surface area contributed by atoms with Crippen molar-refractivity contribution in [2.45, 2.75) is 6.18 Å². The van der Waals surface area contributed by atoms with Crippen molar-refractivity contribution in [3.8, 4) is 0 Å². The predicted molar refractivity (Wildman–Crippen MR) is 64.7 cm³/mol. The second kappa shape index (κ2) is 5.08. The molecule has 2 nitrogen and oxygen atoms in total. The molecule has 0 saturated carbocycles. The summed E-state index contributed by atoms with van der Waals surface area (Å²) in [4.78, 5) is 3.16. The molecule has 5 heteroatoms. The summed E-state index contributed by atoms with van der Waals surface area (Å²) < 4.78 is 37.3. The van der Waals surface area contributed by atoms with Gasteiger partial charge in [0.25, 0.3) is 0 Å². The van der Waals surface area contributed by atoms with Crippen molar-refractivity contribution in [3.05, 3.63) is 76.8 Å². The average Bonchev–Trinajstić information content (AvgIpc) is 2.40. The first kappa shape index (κ1) is 13.1. The van der Waals surface area contributed by atoms with Crippen LogP contribution in [0, 0.1) is 0 Å². The maximum Gasteiger partial charge on any atom is 0.416 e. The molecule has 0 N–H and O–H groups in total. The normalized spacial score (nSPS) is 10.9. The van der Waals surface area contributed by atoms with Gasteiger partial charge in [-0.2, -0.15) is 18.0 Å². The van der Waals surface area contributed by atoms with Crippen molar-refractivity contribution in [1.82, 2.24) is 0 Å². The van der Waals surface area contributed by atoms with Crippen LogP contribution in [-0.4, -0.2) is 10.5 Å². The highest BCUT2D eigenvalue weighted by molar-refractivity contribution is 6.09. The minimum Gasteiger partial charge on any atom is -0.361 e. The summed E-state index contributed by atoms with van der Waals surface area (Å²) in [5.74, 6) is 0. The molecule has 0 amide bonds. The lowest BCUT2D eigenvalue weighted by atomic mass is 10.0. The number of hydrogen-bond acceptors (Lipinski definition) is 0. The average molecular weight is 262 g/mol. The molecule has 2 aromatic rings. The Bertz CT molecular complexity index is 609. The van der Waals surface area contributed by atoms with Gasteiger partial charge < -0.3 is 5.53 Å². The molecule has 0 spiro atoms. The molecule has 96 valence electrons. The van der Waals surface area contributed by atoms with Gasteiger partial charge in [-0.1, -0.05) is 18.2 Å². The maximum absolute atomic E-state index is 12.4. The summed E-state index contributed by atoms with van der Waals surface area (Å²) >= 11 is 0. The van der Waals surface area contributed by atoms with Gasteiger partial charge in [-0.05, 0) is 36.4 Å². The largest absolute Gasteiger partial charge is 0.416 e. The fourth-order valence-electron chi connectivity index (χ4n) is 1.70. The Hall–Kier alpha value is -2.39. The molecule has 0 aliphatic rings. The van der Waals surface area contributed by atoms with Crippen molar-refractivity contribution >= 4 is 5.71 Å². The van der Waals surface area contributed by atoms with Gasteiger partial charge in [0.15, 0.2) is 0 Å². The first-order valence-electron chi connectivity index (χ1n) is 5.47. The zero-order valence-electron chi connectivity index (χ0n) is 9.72. The van der Waals surface area contributed by atoms with E-state index >= 15 is 0 Å². The van der Waals surface area contributed by atoms with E-state index in [1.807, 2.05) is 0 Å². The number of benzene rings is 2. The van der Waals surface area contributed by atoms with E-state index in [9.17, 15) is 13.2 Å². The van der Waals surface area contributed by atoms with E-state index in [-0.39, 0.29) is 5.71 Å². The van der Waals surface area contributed by atoms with Gasteiger partial charge in [-0.25, -0.2) is 0 Å². The fraction of sp³-hybridized carbons (Fsp3) is 0.0714. The Morgan fingerprint density at radius 3 is 1.84 bits per heavy atom. The first-order chi connectivity index (χ1) is 9.02. The Labute approximate surface area is 107 Å². The second-order valence-electron chi connectivity index (χ2n) is 3.89. The number of alkyl halides is 3. The molecule has 0 radical (unpaired) electrons. The highest BCUT2D eigenvalue weighted by Gasteiger charge is 2.30. The van der Waals surface area contributed by atoms with Gasteiger partial charge in [0.05, 0.1) is 16.7 Å². The molecule has 0 aliphatic heterocycles. The third kappa shape index (κ3) is 2.89. The minimum atomic E-state index is -4.37. The SMILES string of the molecule is [N-]=[N+]=C(c1ccccc1)c1ccc(C(F)(F)F)cc1. The smallest absolute Gasteiger partial charge is 0.361 e. The van der Waals surface area contributed by atoms with Gasteiger partial charge in [0.2, 0.25) is 0 Å². The molecule has 0 bridgehead atoms. The first-order valence-corrected chi connectivity index (χ1v) is 5.47. The Kier molecular flexibility index (Phi) is 3.49. The lowest BCUT2D eigenvalue weighted by Crippen LogP contribution is -2.07. The Morgan fingerprint density at radius 1 is 0.842 bits per heavy atom. The van der Waals surface area contributed by atoms with Crippen molar-refractivity contribution in [2.75, 3.05) is 0 Å². The number of hydrogen-bond donors (Lipinski definition) is 0. The summed E-state index contributed by atoms with van der Waals surface area (Å²) in [6.45, 7) is 0. The predicted octanol–water partition coefficient (Wildman–Crippen LogP) is 3.77. The molecule has 2 aromatic carbocycles. The van der Waals surface area contributed by atoms with Crippen LogP contribution in [-0.2, 0) is 6.18 Å². The van der Waals surface area contributed by atoms with Gasteiger partial charge in [0, 0.05) is 0 Å². The van der Waals surface area contributed by atoms with Crippen LogP contribution in [0.2, 0.25) is 0 Å². The summed E-state index contributed by atoms with van der Waals surface area (Å²) in [5, 5.41) is 0. The summed E-state index contributed by atoms with van der Waals surface area (Å²) in [7, 11) is 0. The molecule has 0 heterocycles. The molecule has 0 aliphatic carbocycles. The zero-order valence-corrected chi connectivity index (χ0v) is 9.72. The molecule has 0 atom stereocenters. The molecular formula is C14H9F3N2. The summed E-state index contributed by atoms with van der Waals surface area (Å²) in [5.41, 5.74) is 9.57. The Morgan fingerprint density at radius 2 is 1.37 bits per heavy atom. The summed E-state index contributed by atoms with van der Waals surface area (Å²) in [6, 6.07) is 13.2. The highest BCUT2D eigenvalue weighted by atomic mass is 19.4. The quantitative estimate of drug-likeness (QED) is 0.449. The van der Waals surface area contributed by atoms with Crippen molar-refractivity contribution < 1.29 is 18.0 Å². The van der Waals surface area contributed by atoms with Crippen LogP contribution in [0.5, 0.6) is 0 Å². The number of halogens is 3. The molecule has 0 saturated heterocycles. The van der Waals surface area contributed by atoms with E-state index in [0.717, 1.165) is 12.1 Å². The molecule has 0 fully saturated rings. The van der Waals surface area contributed by atoms with Crippen LogP contribution < -0.4 is 0 Å². The van der Waals surface area contributed by atoms with E-state index in [0.29, 0.717) is 11.1 Å². The van der Waals surface area contributed by atoms with Gasteiger partial charge in [-0.15, -0.1) is 0 Å². The lowest BCUT2D eigenvalue weighted by molar-refractivity contribution is -0.137. The molecule has 2 rings (SSSR count). The summed E-state index contributed by atoms with van der Waals surface area (Å²) in [6.07, 6.45) is -4.37. The van der Waals surface area contributed by atoms with Crippen LogP contribution in [0.15, 0.2) is 54.6 Å². The molecule has 0 unspecified atom stereocenters.